The third-order valence-corrected chi connectivity index (χ3v) is 6.88. The number of hydrogen-bond donors (Lipinski definition) is 5. The lowest BCUT2D eigenvalue weighted by molar-refractivity contribution is 0.241. The van der Waals surface area contributed by atoms with Crippen LogP contribution in [0.1, 0.15) is 91.8 Å². The number of amides is 2. The molecule has 0 aliphatic heterocycles. The maximum Gasteiger partial charge on any atom is 0.322 e. The van der Waals surface area contributed by atoms with Crippen molar-refractivity contribution < 1.29 is 12.3 Å². The molecule has 12 nitrogen and oxygen atoms in total. The van der Waals surface area contributed by atoms with Crippen LogP contribution in [0.5, 0.6) is 0 Å². The molecule has 0 radical (unpaired) electrons. The molecule has 0 bridgehead atoms. The van der Waals surface area contributed by atoms with Crippen LogP contribution < -0.4 is 27.5 Å². The summed E-state index contributed by atoms with van der Waals surface area (Å²) in [4.78, 5) is 64.9. The molecule has 2 aromatic carbocycles. The Morgan fingerprint density at radius 3 is 1.64 bits per heavy atom. The van der Waals surface area contributed by atoms with Crippen LogP contribution in [-0.4, -0.2) is 50.7 Å². The van der Waals surface area contributed by atoms with Gasteiger partial charge in [0.15, 0.2) is 0 Å². The molecule has 58 heavy (non-hydrogen) atoms. The van der Waals surface area contributed by atoms with Gasteiger partial charge in [0.25, 0.3) is 11.1 Å². The number of benzene rings is 2. The summed E-state index contributed by atoms with van der Waals surface area (Å²) >= 11 is 8.32. The van der Waals surface area contributed by atoms with Crippen molar-refractivity contribution in [2.24, 2.45) is 4.99 Å². The van der Waals surface area contributed by atoms with Crippen LogP contribution in [0.3, 0.4) is 0 Å². The minimum absolute atomic E-state index is 0.0533. The molecule has 2 amide bonds. The van der Waals surface area contributed by atoms with Crippen molar-refractivity contribution in [2.75, 3.05) is 29.7 Å². The summed E-state index contributed by atoms with van der Waals surface area (Å²) in [7, 11) is 0. The van der Waals surface area contributed by atoms with Crippen LogP contribution in [0, 0.1) is 13.8 Å². The van der Waals surface area contributed by atoms with Crippen molar-refractivity contribution >= 4 is 126 Å². The molecule has 16 heteroatoms. The summed E-state index contributed by atoms with van der Waals surface area (Å²) in [6.45, 7) is 26.3. The predicted octanol–water partition coefficient (Wildman–Crippen LogP) is 11.1. The van der Waals surface area contributed by atoms with E-state index in [0.29, 0.717) is 11.4 Å². The second-order valence-electron chi connectivity index (χ2n) is 12.6. The zero-order chi connectivity index (χ0) is 47.4. The summed E-state index contributed by atoms with van der Waals surface area (Å²) < 4.78 is 13.2. The number of alkyl halides is 4. The number of allylic oxidation sites excluding steroid dienone is 2. The molecule has 0 aliphatic rings. The molecular weight excluding hydrogens is 1190 g/mol. The van der Waals surface area contributed by atoms with E-state index in [1.165, 1.54) is 12.1 Å². The summed E-state index contributed by atoms with van der Waals surface area (Å²) in [5.41, 5.74) is 10.7. The molecule has 0 saturated heterocycles. The average molecular weight is 1250 g/mol. The van der Waals surface area contributed by atoms with E-state index in [2.05, 4.69) is 93.9 Å². The largest absolute Gasteiger partial charge is 0.369 e. The fourth-order valence-electron chi connectivity index (χ4n) is 4.25. The number of halogens is 4. The number of carbonyl (C=O) groups is 1. The van der Waals surface area contributed by atoms with Gasteiger partial charge in [0, 0.05) is 26.3 Å². The van der Waals surface area contributed by atoms with Gasteiger partial charge in [-0.25, -0.2) is 19.6 Å². The quantitative estimate of drug-likeness (QED) is 0.0527. The molecule has 0 aliphatic carbocycles. The second-order valence-corrected chi connectivity index (χ2v) is 15.1. The molecule has 0 fully saturated rings. The highest BCUT2D eigenvalue weighted by atomic mass is 127. The monoisotopic (exact) mass is 1250 g/mol. The molecule has 0 saturated carbocycles. The number of urea groups is 1. The minimum atomic E-state index is -0.611. The molecule has 2 atom stereocenters. The first-order valence-corrected chi connectivity index (χ1v) is 24.1. The van der Waals surface area contributed by atoms with Gasteiger partial charge in [0.05, 0.1) is 11.1 Å². The van der Waals surface area contributed by atoms with Crippen LogP contribution in [0.2, 0.25) is 0 Å². The van der Waals surface area contributed by atoms with E-state index in [1.807, 2.05) is 159 Å². The van der Waals surface area contributed by atoms with Gasteiger partial charge in [-0.2, -0.15) is 4.99 Å². The Morgan fingerprint density at radius 1 is 0.828 bits per heavy atom. The Morgan fingerprint density at radius 2 is 1.24 bits per heavy atom. The number of H-pyrrole nitrogens is 2. The van der Waals surface area contributed by atoms with E-state index in [0.717, 1.165) is 33.4 Å². The fraction of sp³-hybridized carbons (Fsp3) is 0.381. The number of aromatic amines is 2. The Hall–Kier alpha value is -2.95. The molecule has 2 unspecified atom stereocenters. The van der Waals surface area contributed by atoms with Crippen molar-refractivity contribution in [3.63, 3.8) is 0 Å². The SMILES string of the molecule is C=C(C)c1cccc(C(C)(C)N=C=O)c1.C=C(C)c1cccc(C(C)(C)NC(=O)Nc2nc(C)cc(=O)[nH]2)c1.CI.CI.Cc1cc(=O)[nH]c(N)n1.[3H]C(C)I.[3H]C(C)I. The van der Waals surface area contributed by atoms with Crippen molar-refractivity contribution in [3.8, 4) is 0 Å². The number of aryl methyl sites for hydroxylation is 2. The molecule has 4 rings (SSSR count). The molecule has 2 heterocycles. The van der Waals surface area contributed by atoms with Crippen molar-refractivity contribution in [3.05, 3.63) is 128 Å². The predicted molar refractivity (Wildman–Crippen MR) is 281 cm³/mol. The van der Waals surface area contributed by atoms with Gasteiger partial charge in [-0.05, 0) is 108 Å². The summed E-state index contributed by atoms with van der Waals surface area (Å²) in [6, 6.07) is 18.0. The standard InChI is InChI=1S/C18H22N4O2.C13H15NO.C5H7N3O.2C2H5I.2CH3I/c1-11(2)13-7-6-8-14(10-13)18(4,5)22-17(24)21-16-19-12(3)9-15(23)20-16;1-10(2)11-6-5-7-12(8-11)13(3,4)14-9-15;1-3-2-4(9)8-5(6)7-3;2*1-2-3;2*1-2/h6-10H,1H2,2-5H3,(H3,19,20,21,22,23,24);5-8H,1H2,2-4H3;2H,1H3,(H3,6,7,8,9);2*2H2,1H3;2*1H3/i;;;2*2T;;. The lowest BCUT2D eigenvalue weighted by Crippen LogP contribution is -2.43. The lowest BCUT2D eigenvalue weighted by atomic mass is 9.92. The number of nitrogens with two attached hydrogens (primary N) is 1. The highest BCUT2D eigenvalue weighted by Gasteiger charge is 2.24. The zero-order valence-corrected chi connectivity index (χ0v) is 44.0. The number of anilines is 2. The third-order valence-electron chi connectivity index (χ3n) is 6.88. The number of rotatable bonds is 7. The highest BCUT2D eigenvalue weighted by Crippen LogP contribution is 2.26. The van der Waals surface area contributed by atoms with Crippen LogP contribution in [0.15, 0.2) is 88.4 Å². The number of aliphatic imine (C=N–C) groups is 1. The lowest BCUT2D eigenvalue weighted by Gasteiger charge is -2.27. The summed E-state index contributed by atoms with van der Waals surface area (Å²) in [5.74, 6) is 0.281. The van der Waals surface area contributed by atoms with Gasteiger partial charge < -0.3 is 11.1 Å². The van der Waals surface area contributed by atoms with Gasteiger partial charge in [0.1, 0.15) is 0 Å². The van der Waals surface area contributed by atoms with Gasteiger partial charge in [-0.1, -0.05) is 165 Å². The van der Waals surface area contributed by atoms with Gasteiger partial charge in [0.2, 0.25) is 18.0 Å². The van der Waals surface area contributed by atoms with Gasteiger partial charge in [-0.15, -0.1) is 0 Å². The molecule has 0 spiro atoms. The Bertz CT molecular complexity index is 2050. The van der Waals surface area contributed by atoms with Gasteiger partial charge in [-0.3, -0.25) is 24.9 Å². The zero-order valence-electron chi connectivity index (χ0n) is 37.4. The van der Waals surface area contributed by atoms with Crippen LogP contribution in [0.25, 0.3) is 11.1 Å². The van der Waals surface area contributed by atoms with Crippen LogP contribution in [-0.2, 0) is 15.9 Å². The number of hydrogen-bond acceptors (Lipinski definition) is 8. The first-order chi connectivity index (χ1) is 27.8. The fourth-order valence-corrected chi connectivity index (χ4v) is 4.25. The normalized spacial score (nSPS) is 11.2. The smallest absolute Gasteiger partial charge is 0.322 e. The van der Waals surface area contributed by atoms with E-state index < -0.39 is 17.1 Å². The highest BCUT2D eigenvalue weighted by molar-refractivity contribution is 14.1. The van der Waals surface area contributed by atoms with E-state index in [-0.39, 0.29) is 31.8 Å². The topological polar surface area (TPSA) is 188 Å². The summed E-state index contributed by atoms with van der Waals surface area (Å²) in [5, 5.41) is 5.44. The third kappa shape index (κ3) is 26.2. The molecule has 2 aromatic heterocycles. The second kappa shape index (κ2) is 32.8. The molecule has 6 N–H and O–H groups in total. The summed E-state index contributed by atoms with van der Waals surface area (Å²) in [6.07, 6.45) is 1.61. The van der Waals surface area contributed by atoms with Crippen LogP contribution >= 0.6 is 90.4 Å². The minimum Gasteiger partial charge on any atom is -0.369 e. The number of aromatic nitrogens is 4. The number of carbonyl (C=O) groups excluding carboxylic acids is 2. The van der Waals surface area contributed by atoms with Crippen molar-refractivity contribution in [2.45, 2.75) is 80.3 Å². The average Bonchev–Trinajstić information content (AvgIpc) is 3.12. The van der Waals surface area contributed by atoms with Crippen molar-refractivity contribution in [1.29, 1.82) is 0 Å². The first kappa shape index (κ1) is 55.0. The van der Waals surface area contributed by atoms with E-state index in [1.54, 1.807) is 19.9 Å². The van der Waals surface area contributed by atoms with E-state index >= 15 is 0 Å². The van der Waals surface area contributed by atoms with Gasteiger partial charge >= 0.3 is 6.03 Å². The maximum atomic E-state index is 12.2. The van der Waals surface area contributed by atoms with Crippen LogP contribution in [0.4, 0.5) is 16.7 Å². The number of nitrogens with zero attached hydrogens (tertiary/aromatic N) is 3. The Labute approximate surface area is 402 Å². The maximum absolute atomic E-state index is 12.2. The number of nitrogens with one attached hydrogen (secondary N) is 4. The van der Waals surface area contributed by atoms with E-state index in [4.69, 9.17) is 8.48 Å². The number of nitrogen functional groups attached to an aromatic ring is 1. The Balaban J connectivity index is -0.000000767. The van der Waals surface area contributed by atoms with E-state index in [9.17, 15) is 19.2 Å². The first-order valence-electron chi connectivity index (χ1n) is 18.5. The molecule has 320 valence electrons. The Kier molecular flexibility index (Phi) is 31.2. The molecular formula is C42H60I4N8O4. The molecule has 4 aromatic rings. The number of isocyanates is 1. The van der Waals surface area contributed by atoms with Crippen molar-refractivity contribution in [1.82, 2.24) is 25.3 Å².